The van der Waals surface area contributed by atoms with E-state index in [1.165, 1.54) is 25.7 Å². The van der Waals surface area contributed by atoms with E-state index in [4.69, 9.17) is 9.47 Å². The van der Waals surface area contributed by atoms with Crippen molar-refractivity contribution in [1.29, 1.82) is 0 Å². The van der Waals surface area contributed by atoms with E-state index in [2.05, 4.69) is 0 Å². The van der Waals surface area contributed by atoms with Crippen molar-refractivity contribution >= 4 is 5.97 Å². The molecule has 4 aliphatic rings. The molecule has 0 unspecified atom stereocenters. The van der Waals surface area contributed by atoms with Gasteiger partial charge in [0, 0.05) is 0 Å². The molecule has 4 rings (SSSR count). The first-order valence-electron chi connectivity index (χ1n) is 7.10. The zero-order valence-electron chi connectivity index (χ0n) is 10.4. The Morgan fingerprint density at radius 2 is 2.24 bits per heavy atom. The Labute approximate surface area is 102 Å². The van der Waals surface area contributed by atoms with Gasteiger partial charge in [0.1, 0.15) is 5.60 Å². The molecule has 0 aromatic carbocycles. The van der Waals surface area contributed by atoms with Crippen LogP contribution in [0.2, 0.25) is 0 Å². The Balaban J connectivity index is 1.54. The van der Waals surface area contributed by atoms with Gasteiger partial charge in [0.25, 0.3) is 0 Å². The van der Waals surface area contributed by atoms with E-state index >= 15 is 0 Å². The monoisotopic (exact) mass is 236 g/mol. The van der Waals surface area contributed by atoms with Crippen molar-refractivity contribution in [2.45, 2.75) is 50.7 Å². The van der Waals surface area contributed by atoms with Crippen molar-refractivity contribution in [3.63, 3.8) is 0 Å². The maximum atomic E-state index is 11.8. The van der Waals surface area contributed by atoms with E-state index < -0.39 is 0 Å². The van der Waals surface area contributed by atoms with Crippen LogP contribution in [0.25, 0.3) is 0 Å². The van der Waals surface area contributed by atoms with E-state index in [1.807, 2.05) is 6.92 Å². The van der Waals surface area contributed by atoms with Crippen LogP contribution in [0.4, 0.5) is 0 Å². The van der Waals surface area contributed by atoms with Crippen molar-refractivity contribution in [3.8, 4) is 0 Å². The maximum Gasteiger partial charge on any atom is 0.338 e. The van der Waals surface area contributed by atoms with Gasteiger partial charge in [-0.1, -0.05) is 6.42 Å². The Hall–Kier alpha value is -0.570. The molecule has 17 heavy (non-hydrogen) atoms. The molecule has 0 radical (unpaired) electrons. The molecule has 3 aliphatic carbocycles. The molecule has 0 aromatic rings. The second kappa shape index (κ2) is 3.25. The van der Waals surface area contributed by atoms with Gasteiger partial charge >= 0.3 is 5.97 Å². The fraction of sp³-hybridized carbons (Fsp3) is 0.929. The van der Waals surface area contributed by atoms with Crippen molar-refractivity contribution in [1.82, 2.24) is 0 Å². The van der Waals surface area contributed by atoms with Crippen LogP contribution in [0.3, 0.4) is 0 Å². The summed E-state index contributed by atoms with van der Waals surface area (Å²) in [6, 6.07) is 0. The van der Waals surface area contributed by atoms with Crippen LogP contribution in [0.15, 0.2) is 0 Å². The van der Waals surface area contributed by atoms with Crippen molar-refractivity contribution in [2.24, 2.45) is 23.7 Å². The minimum absolute atomic E-state index is 0.0809. The molecule has 3 saturated carbocycles. The summed E-state index contributed by atoms with van der Waals surface area (Å²) in [6.07, 6.45) is 6.40. The molecule has 0 N–H and O–H groups in total. The molecule has 3 heteroatoms. The Kier molecular flexibility index (Phi) is 1.98. The first kappa shape index (κ1) is 10.4. The highest BCUT2D eigenvalue weighted by atomic mass is 16.7. The lowest BCUT2D eigenvalue weighted by Crippen LogP contribution is -2.35. The quantitative estimate of drug-likeness (QED) is 0.544. The predicted molar refractivity (Wildman–Crippen MR) is 61.3 cm³/mol. The number of carbonyl (C=O) groups excluding carboxylic acids is 1. The van der Waals surface area contributed by atoms with Crippen molar-refractivity contribution in [2.75, 3.05) is 6.61 Å². The summed E-state index contributed by atoms with van der Waals surface area (Å²) >= 11 is 0. The summed E-state index contributed by atoms with van der Waals surface area (Å²) in [4.78, 5) is 11.8. The molecule has 94 valence electrons. The average molecular weight is 236 g/mol. The highest BCUT2D eigenvalue weighted by Crippen LogP contribution is 2.69. The van der Waals surface area contributed by atoms with Crippen LogP contribution in [-0.2, 0) is 14.3 Å². The fourth-order valence-corrected chi connectivity index (χ4v) is 5.22. The van der Waals surface area contributed by atoms with Gasteiger partial charge in [-0.2, -0.15) is 0 Å². The Morgan fingerprint density at radius 3 is 3.06 bits per heavy atom. The lowest BCUT2D eigenvalue weighted by atomic mass is 9.74. The van der Waals surface area contributed by atoms with Gasteiger partial charge < -0.3 is 9.47 Å². The lowest BCUT2D eigenvalue weighted by molar-refractivity contribution is -0.144. The molecule has 3 nitrogen and oxygen atoms in total. The predicted octanol–water partition coefficient (Wildman–Crippen LogP) is 2.14. The van der Waals surface area contributed by atoms with Crippen LogP contribution < -0.4 is 0 Å². The van der Waals surface area contributed by atoms with Crippen LogP contribution >= 0.6 is 0 Å². The molecule has 1 spiro atoms. The summed E-state index contributed by atoms with van der Waals surface area (Å²) < 4.78 is 11.0. The molecule has 6 atom stereocenters. The molecular formula is C14H20O3. The van der Waals surface area contributed by atoms with Crippen molar-refractivity contribution < 1.29 is 14.3 Å². The minimum atomic E-state index is -0.223. The van der Waals surface area contributed by atoms with Crippen LogP contribution in [-0.4, -0.2) is 24.3 Å². The number of carbonyl (C=O) groups is 1. The van der Waals surface area contributed by atoms with Gasteiger partial charge in [0.05, 0.1) is 6.61 Å². The van der Waals surface area contributed by atoms with Gasteiger partial charge in [0.15, 0.2) is 6.10 Å². The summed E-state index contributed by atoms with van der Waals surface area (Å²) in [5, 5.41) is 0. The zero-order valence-corrected chi connectivity index (χ0v) is 10.4. The number of ether oxygens (including phenoxy) is 2. The van der Waals surface area contributed by atoms with Gasteiger partial charge in [-0.05, 0) is 56.3 Å². The van der Waals surface area contributed by atoms with E-state index in [0.29, 0.717) is 12.5 Å². The van der Waals surface area contributed by atoms with Crippen LogP contribution in [0, 0.1) is 23.7 Å². The Morgan fingerprint density at radius 1 is 1.41 bits per heavy atom. The third-order valence-corrected chi connectivity index (χ3v) is 5.74. The molecule has 0 amide bonds. The number of hydrogen-bond acceptors (Lipinski definition) is 3. The zero-order chi connectivity index (χ0) is 11.6. The standard InChI is InChI=1S/C14H20O3/c1-2-16-13(15)12-14(17-12)7-8-6-11(14)10-5-3-4-9(8)10/h8-12H,2-7H2,1H3/t8-,9-,10-,11+,12+,14+/m1/s1. The third-order valence-electron chi connectivity index (χ3n) is 5.74. The molecule has 2 bridgehead atoms. The molecule has 1 aliphatic heterocycles. The average Bonchev–Trinajstić information content (AvgIpc) is 2.69. The highest BCUT2D eigenvalue weighted by molar-refractivity contribution is 5.79. The van der Waals surface area contributed by atoms with E-state index in [1.54, 1.807) is 0 Å². The van der Waals surface area contributed by atoms with Crippen LogP contribution in [0.1, 0.15) is 39.0 Å². The number of hydrogen-bond donors (Lipinski definition) is 0. The largest absolute Gasteiger partial charge is 0.464 e. The summed E-state index contributed by atoms with van der Waals surface area (Å²) in [6.45, 7) is 2.33. The van der Waals surface area contributed by atoms with Gasteiger partial charge in [-0.15, -0.1) is 0 Å². The SMILES string of the molecule is CCOC(=O)[C@@H]1O[C@]12C[C@H]1C[C@H]2[C@@H]2CCC[C@H]12. The molecule has 1 saturated heterocycles. The van der Waals surface area contributed by atoms with E-state index in [-0.39, 0.29) is 17.7 Å². The van der Waals surface area contributed by atoms with Gasteiger partial charge in [0.2, 0.25) is 0 Å². The number of esters is 1. The summed E-state index contributed by atoms with van der Waals surface area (Å²) in [7, 11) is 0. The Bertz CT molecular complexity index is 366. The second-order valence-electron chi connectivity index (χ2n) is 6.27. The fourth-order valence-electron chi connectivity index (χ4n) is 5.22. The smallest absolute Gasteiger partial charge is 0.338 e. The molecule has 4 fully saturated rings. The van der Waals surface area contributed by atoms with Gasteiger partial charge in [-0.3, -0.25) is 0 Å². The number of epoxide rings is 1. The molecule has 1 heterocycles. The van der Waals surface area contributed by atoms with Crippen molar-refractivity contribution in [3.05, 3.63) is 0 Å². The molecular weight excluding hydrogens is 216 g/mol. The van der Waals surface area contributed by atoms with E-state index in [9.17, 15) is 4.79 Å². The minimum Gasteiger partial charge on any atom is -0.464 e. The first-order valence-corrected chi connectivity index (χ1v) is 7.10. The third kappa shape index (κ3) is 1.19. The molecule has 0 aromatic heterocycles. The topological polar surface area (TPSA) is 38.8 Å². The number of fused-ring (bicyclic) bond motifs is 6. The highest BCUT2D eigenvalue weighted by Gasteiger charge is 2.74. The van der Waals surface area contributed by atoms with E-state index in [0.717, 1.165) is 24.2 Å². The maximum absolute atomic E-state index is 11.8. The first-order chi connectivity index (χ1) is 8.26. The summed E-state index contributed by atoms with van der Waals surface area (Å²) in [5.41, 5.74) is -0.0809. The number of rotatable bonds is 2. The summed E-state index contributed by atoms with van der Waals surface area (Å²) in [5.74, 6) is 3.20. The van der Waals surface area contributed by atoms with Crippen LogP contribution in [0.5, 0.6) is 0 Å². The van der Waals surface area contributed by atoms with Gasteiger partial charge in [-0.25, -0.2) is 4.79 Å². The normalized spacial score (nSPS) is 54.1. The second-order valence-corrected chi connectivity index (χ2v) is 6.27. The lowest BCUT2D eigenvalue weighted by Gasteiger charge is -2.29.